The molecule has 0 spiro atoms. The van der Waals surface area contributed by atoms with Gasteiger partial charge in [0.15, 0.2) is 0 Å². The fourth-order valence-electron chi connectivity index (χ4n) is 3.68. The summed E-state index contributed by atoms with van der Waals surface area (Å²) in [5.41, 5.74) is 0.427. The molecule has 1 aliphatic heterocycles. The maximum Gasteiger partial charge on any atom is 0.240 e. The molecule has 1 N–H and O–H groups in total. The summed E-state index contributed by atoms with van der Waals surface area (Å²) in [4.78, 5) is 27.0. The molecule has 1 atom stereocenters. The number of carbonyl (C=O) groups excluding carboxylic acids is 1. The first-order valence-electron chi connectivity index (χ1n) is 10.2. The summed E-state index contributed by atoms with van der Waals surface area (Å²) in [6.45, 7) is 1.96. The van der Waals surface area contributed by atoms with Crippen molar-refractivity contribution in [3.63, 3.8) is 0 Å². The van der Waals surface area contributed by atoms with Crippen molar-refractivity contribution in [2.24, 2.45) is 0 Å². The first-order chi connectivity index (χ1) is 15.1. The molecule has 0 bridgehead atoms. The average molecular weight is 445 g/mol. The topological polar surface area (TPSA) is 97.0 Å². The van der Waals surface area contributed by atoms with E-state index in [1.165, 1.54) is 6.07 Å². The number of likely N-dealkylation sites (tertiary alicyclic amines) is 1. The molecule has 8 nitrogen and oxygen atoms in total. The molecule has 0 aliphatic carbocycles. The van der Waals surface area contributed by atoms with Gasteiger partial charge in [0.05, 0.1) is 6.04 Å². The van der Waals surface area contributed by atoms with Gasteiger partial charge in [-0.05, 0) is 44.1 Å². The summed E-state index contributed by atoms with van der Waals surface area (Å²) >= 11 is 6.29. The van der Waals surface area contributed by atoms with Crippen LogP contribution in [0.4, 0.5) is 4.39 Å². The molecule has 31 heavy (non-hydrogen) atoms. The van der Waals surface area contributed by atoms with Gasteiger partial charge in [-0.2, -0.15) is 4.98 Å². The van der Waals surface area contributed by atoms with Crippen molar-refractivity contribution in [2.45, 2.75) is 31.7 Å². The second-order valence-electron chi connectivity index (χ2n) is 7.28. The van der Waals surface area contributed by atoms with E-state index >= 15 is 0 Å². The number of nitrogens with zero attached hydrogens (tertiary/aromatic N) is 5. The van der Waals surface area contributed by atoms with Crippen LogP contribution >= 0.6 is 11.6 Å². The minimum Gasteiger partial charge on any atom is -0.354 e. The molecular weight excluding hydrogens is 423 g/mol. The van der Waals surface area contributed by atoms with E-state index in [-0.39, 0.29) is 43.0 Å². The van der Waals surface area contributed by atoms with Gasteiger partial charge in [-0.1, -0.05) is 22.8 Å². The molecule has 1 aromatic carbocycles. The second kappa shape index (κ2) is 9.93. The molecule has 1 fully saturated rings. The van der Waals surface area contributed by atoms with Crippen molar-refractivity contribution in [1.29, 1.82) is 0 Å². The highest BCUT2D eigenvalue weighted by atomic mass is 35.5. The average Bonchev–Trinajstić information content (AvgIpc) is 3.47. The van der Waals surface area contributed by atoms with Crippen molar-refractivity contribution in [3.05, 3.63) is 59.0 Å². The molecular formula is C21H22ClFN6O2. The Labute approximate surface area is 183 Å². The van der Waals surface area contributed by atoms with Gasteiger partial charge in [-0.3, -0.25) is 9.69 Å². The third-order valence-electron chi connectivity index (χ3n) is 5.21. The predicted molar refractivity (Wildman–Crippen MR) is 112 cm³/mol. The molecule has 10 heteroatoms. The van der Waals surface area contributed by atoms with Crippen LogP contribution in [0, 0.1) is 5.82 Å². The lowest BCUT2D eigenvalue weighted by Gasteiger charge is -2.29. The van der Waals surface area contributed by atoms with E-state index in [2.05, 4.69) is 30.3 Å². The van der Waals surface area contributed by atoms with Crippen LogP contribution in [0.3, 0.4) is 0 Å². The number of benzene rings is 1. The fourth-order valence-corrected chi connectivity index (χ4v) is 3.97. The maximum absolute atomic E-state index is 14.5. The Kier molecular flexibility index (Phi) is 6.83. The van der Waals surface area contributed by atoms with Gasteiger partial charge >= 0.3 is 0 Å². The molecule has 1 amide bonds. The van der Waals surface area contributed by atoms with Gasteiger partial charge < -0.3 is 9.84 Å². The first-order valence-corrected chi connectivity index (χ1v) is 10.5. The van der Waals surface area contributed by atoms with Crippen LogP contribution < -0.4 is 5.32 Å². The van der Waals surface area contributed by atoms with E-state index in [9.17, 15) is 9.18 Å². The zero-order valence-electron chi connectivity index (χ0n) is 16.8. The molecule has 4 rings (SSSR count). The molecule has 3 heterocycles. The maximum atomic E-state index is 14.5. The third-order valence-corrected chi connectivity index (χ3v) is 5.54. The summed E-state index contributed by atoms with van der Waals surface area (Å²) in [6, 6.07) is 6.04. The molecule has 0 saturated carbocycles. The van der Waals surface area contributed by atoms with Crippen molar-refractivity contribution in [2.75, 3.05) is 19.6 Å². The Balaban J connectivity index is 1.36. The SMILES string of the molecule is O=C(CCc1nc(-c2ncccn2)no1)NCC(c1c(F)cccc1Cl)N1CCCC1. The van der Waals surface area contributed by atoms with Gasteiger partial charge in [0, 0.05) is 42.4 Å². The monoisotopic (exact) mass is 444 g/mol. The molecule has 2 aromatic heterocycles. The highest BCUT2D eigenvalue weighted by Gasteiger charge is 2.28. The van der Waals surface area contributed by atoms with E-state index < -0.39 is 0 Å². The van der Waals surface area contributed by atoms with Crippen LogP contribution in [0.15, 0.2) is 41.2 Å². The number of hydrogen-bond acceptors (Lipinski definition) is 7. The number of aryl methyl sites for hydroxylation is 1. The molecule has 162 valence electrons. The van der Waals surface area contributed by atoms with E-state index in [4.69, 9.17) is 16.1 Å². The van der Waals surface area contributed by atoms with E-state index in [1.54, 1.807) is 30.6 Å². The van der Waals surface area contributed by atoms with Crippen LogP contribution in [0.2, 0.25) is 5.02 Å². The molecule has 1 aliphatic rings. The normalized spacial score (nSPS) is 15.2. The Hall–Kier alpha value is -2.91. The fraction of sp³-hybridized carbons (Fsp3) is 0.381. The second-order valence-corrected chi connectivity index (χ2v) is 7.69. The summed E-state index contributed by atoms with van der Waals surface area (Å²) in [5, 5.41) is 7.11. The van der Waals surface area contributed by atoms with Crippen LogP contribution in [-0.2, 0) is 11.2 Å². The standard InChI is InChI=1S/C21H22ClFN6O2/c22-14-5-3-6-15(23)19(14)16(29-11-1-2-12-29)13-26-17(30)7-8-18-27-21(28-31-18)20-24-9-4-10-25-20/h3-6,9-10,16H,1-2,7-8,11-13H2,(H,26,30). The minimum atomic E-state index is -0.361. The minimum absolute atomic E-state index is 0.162. The lowest BCUT2D eigenvalue weighted by molar-refractivity contribution is -0.121. The Bertz CT molecular complexity index is 1010. The van der Waals surface area contributed by atoms with Crippen molar-refractivity contribution in [1.82, 2.24) is 30.3 Å². The van der Waals surface area contributed by atoms with Gasteiger partial charge in [0.25, 0.3) is 0 Å². The van der Waals surface area contributed by atoms with Crippen molar-refractivity contribution < 1.29 is 13.7 Å². The van der Waals surface area contributed by atoms with Gasteiger partial charge in [0.1, 0.15) is 5.82 Å². The Morgan fingerprint density at radius 1 is 1.19 bits per heavy atom. The summed E-state index contributed by atoms with van der Waals surface area (Å²) < 4.78 is 19.7. The number of carbonyl (C=O) groups is 1. The highest BCUT2D eigenvalue weighted by Crippen LogP contribution is 2.32. The summed E-state index contributed by atoms with van der Waals surface area (Å²) in [6.07, 6.45) is 5.70. The van der Waals surface area contributed by atoms with Crippen LogP contribution in [-0.4, -0.2) is 50.5 Å². The number of amides is 1. The smallest absolute Gasteiger partial charge is 0.240 e. The van der Waals surface area contributed by atoms with Crippen LogP contribution in [0.5, 0.6) is 0 Å². The largest absolute Gasteiger partial charge is 0.354 e. The van der Waals surface area contributed by atoms with Crippen LogP contribution in [0.1, 0.15) is 36.8 Å². The van der Waals surface area contributed by atoms with E-state index in [0.29, 0.717) is 22.3 Å². The molecule has 1 unspecified atom stereocenters. The summed E-state index contributed by atoms with van der Waals surface area (Å²) in [7, 11) is 0. The van der Waals surface area contributed by atoms with Crippen LogP contribution in [0.25, 0.3) is 11.6 Å². The zero-order valence-corrected chi connectivity index (χ0v) is 17.6. The highest BCUT2D eigenvalue weighted by molar-refractivity contribution is 6.31. The third kappa shape index (κ3) is 5.23. The Morgan fingerprint density at radius 3 is 2.71 bits per heavy atom. The van der Waals surface area contributed by atoms with Crippen molar-refractivity contribution in [3.8, 4) is 11.6 Å². The van der Waals surface area contributed by atoms with E-state index in [0.717, 1.165) is 25.9 Å². The first kappa shape index (κ1) is 21.3. The number of aromatic nitrogens is 4. The Morgan fingerprint density at radius 2 is 1.97 bits per heavy atom. The predicted octanol–water partition coefficient (Wildman–Crippen LogP) is 3.21. The number of rotatable bonds is 8. The quantitative estimate of drug-likeness (QED) is 0.569. The molecule has 3 aromatic rings. The van der Waals surface area contributed by atoms with Gasteiger partial charge in [-0.15, -0.1) is 0 Å². The molecule has 0 radical (unpaired) electrons. The zero-order chi connectivity index (χ0) is 21.6. The van der Waals surface area contributed by atoms with Crippen molar-refractivity contribution >= 4 is 17.5 Å². The summed E-state index contributed by atoms with van der Waals surface area (Å²) in [5.74, 6) is 0.412. The number of halogens is 2. The van der Waals surface area contributed by atoms with E-state index in [1.807, 2.05) is 0 Å². The van der Waals surface area contributed by atoms with Gasteiger partial charge in [0.2, 0.25) is 23.4 Å². The molecule has 1 saturated heterocycles. The lowest BCUT2D eigenvalue weighted by atomic mass is 10.0. The number of hydrogen-bond donors (Lipinski definition) is 1. The van der Waals surface area contributed by atoms with Gasteiger partial charge in [-0.25, -0.2) is 14.4 Å². The number of nitrogens with one attached hydrogen (secondary N) is 1. The lowest BCUT2D eigenvalue weighted by Crippen LogP contribution is -2.37.